The van der Waals surface area contributed by atoms with Crippen molar-refractivity contribution in [2.24, 2.45) is 0 Å². The monoisotopic (exact) mass is 368 g/mol. The van der Waals surface area contributed by atoms with Crippen LogP contribution < -0.4 is 302 Å². The summed E-state index contributed by atoms with van der Waals surface area (Å²) in [5.74, 6) is 0. The SMILES string of the molecule is [Li+].[Li+].[Li+].[Li+].[Li+].[Li+].[Li+].[Li+].[Li+].[Li+].[Li+].[Li+].[Li+].[Li+].[Li+].[Li+].[S-2].[S-2].[S-2].[S-2].[S-2].[S-2].[S-2].[S-2]. The van der Waals surface area contributed by atoms with Gasteiger partial charge in [0.05, 0.1) is 0 Å². The van der Waals surface area contributed by atoms with E-state index in [1.165, 1.54) is 0 Å². The Morgan fingerprint density at radius 1 is 0.0833 bits per heavy atom. The molecular weight excluding hydrogens is 368 g/mol. The number of rotatable bonds is 0. The molecule has 0 aromatic carbocycles. The van der Waals surface area contributed by atoms with Crippen LogP contribution in [0, 0.1) is 0 Å². The van der Waals surface area contributed by atoms with Gasteiger partial charge in [-0.1, -0.05) is 0 Å². The van der Waals surface area contributed by atoms with Crippen molar-refractivity contribution in [2.75, 3.05) is 0 Å². The van der Waals surface area contributed by atoms with E-state index in [1.54, 1.807) is 0 Å². The van der Waals surface area contributed by atoms with Crippen molar-refractivity contribution in [1.82, 2.24) is 0 Å². The molecule has 0 saturated heterocycles. The summed E-state index contributed by atoms with van der Waals surface area (Å²) >= 11 is 0. The molecule has 0 aliphatic heterocycles. The van der Waals surface area contributed by atoms with E-state index in [-0.39, 0.29) is 410 Å². The minimum Gasteiger partial charge on any atom is -2.00 e. The topological polar surface area (TPSA) is 0 Å². The van der Waals surface area contributed by atoms with E-state index in [9.17, 15) is 0 Å². The zero-order chi connectivity index (χ0) is 0. The fraction of sp³-hybridized carbons (Fsp3) is 0. The van der Waals surface area contributed by atoms with Crippen LogP contribution in [0.25, 0.3) is 0 Å². The van der Waals surface area contributed by atoms with Crippen molar-refractivity contribution in [3.63, 3.8) is 0 Å². The second kappa shape index (κ2) is 273. The molecule has 24 heavy (non-hydrogen) atoms. The molecule has 0 radical (unpaired) electrons. The average Bonchev–Trinajstić information content (AvgIpc) is 0. The molecule has 0 atom stereocenters. The van der Waals surface area contributed by atoms with E-state index >= 15 is 0 Å². The maximum absolute atomic E-state index is 0. The molecule has 0 aromatic heterocycles. The fourth-order valence-electron chi connectivity index (χ4n) is 0. The smallest absolute Gasteiger partial charge is 1.00 e. The summed E-state index contributed by atoms with van der Waals surface area (Å²) in [6, 6.07) is 0. The van der Waals surface area contributed by atoms with Crippen LogP contribution in [-0.4, -0.2) is 0 Å². The Morgan fingerprint density at radius 3 is 0.0833 bits per heavy atom. The normalized spacial score (nSPS) is 0. The summed E-state index contributed by atoms with van der Waals surface area (Å²) in [6.45, 7) is 0. The summed E-state index contributed by atoms with van der Waals surface area (Å²) in [4.78, 5) is 0. The Kier molecular flexibility index (Phi) is 3390. The zero-order valence-corrected chi connectivity index (χ0v) is 25.8. The summed E-state index contributed by atoms with van der Waals surface area (Å²) < 4.78 is 0. The van der Waals surface area contributed by atoms with Crippen molar-refractivity contribution in [2.45, 2.75) is 0 Å². The van der Waals surface area contributed by atoms with E-state index in [2.05, 4.69) is 0 Å². The van der Waals surface area contributed by atoms with Crippen LogP contribution in [0.3, 0.4) is 0 Å². The average molecular weight is 368 g/mol. The van der Waals surface area contributed by atoms with Gasteiger partial charge in [-0.05, 0) is 0 Å². The van der Waals surface area contributed by atoms with Crippen LogP contribution in [0.2, 0.25) is 0 Å². The molecule has 0 aliphatic rings. The molecular formula is Li16S8. The standard InChI is InChI=1S/16Li.8S/q16*+1;8*-2. The molecule has 0 bridgehead atoms. The molecule has 0 N–H and O–H groups in total. The van der Waals surface area contributed by atoms with Gasteiger partial charge in [0.25, 0.3) is 0 Å². The summed E-state index contributed by atoms with van der Waals surface area (Å²) in [7, 11) is 0. The van der Waals surface area contributed by atoms with Gasteiger partial charge in [-0.25, -0.2) is 0 Å². The van der Waals surface area contributed by atoms with Crippen molar-refractivity contribution in [3.8, 4) is 0 Å². The molecule has 0 aromatic rings. The molecule has 0 aliphatic carbocycles. The number of hydrogen-bond donors (Lipinski definition) is 0. The zero-order valence-electron chi connectivity index (χ0n) is 19.3. The first kappa shape index (κ1) is 298. The Bertz CT molecular complexity index is 22.0. The second-order valence-corrected chi connectivity index (χ2v) is 0. The Hall–Kier alpha value is 12.4. The minimum atomic E-state index is 0. The summed E-state index contributed by atoms with van der Waals surface area (Å²) in [6.07, 6.45) is 0. The largest absolute Gasteiger partial charge is 2.00 e. The first-order valence-electron chi connectivity index (χ1n) is 0. The molecule has 0 heterocycles. The van der Waals surface area contributed by atoms with Gasteiger partial charge < -0.3 is 108 Å². The third kappa shape index (κ3) is 250. The Balaban J connectivity index is 0. The van der Waals surface area contributed by atoms with Crippen molar-refractivity contribution in [3.05, 3.63) is 0 Å². The predicted octanol–water partition coefficient (Wildman–Crippen LogP) is -48.0. The quantitative estimate of drug-likeness (QED) is 0.373. The Morgan fingerprint density at radius 2 is 0.0833 bits per heavy atom. The predicted molar refractivity (Wildman–Crippen MR) is 58.9 cm³/mol. The molecule has 0 fully saturated rings. The van der Waals surface area contributed by atoms with Crippen LogP contribution in [0.1, 0.15) is 0 Å². The first-order chi connectivity index (χ1) is 0. The summed E-state index contributed by atoms with van der Waals surface area (Å²) in [5, 5.41) is 0. The van der Waals surface area contributed by atoms with Crippen molar-refractivity contribution in [1.29, 1.82) is 0 Å². The van der Waals surface area contributed by atoms with Crippen molar-refractivity contribution >= 4 is 108 Å². The maximum Gasteiger partial charge on any atom is 1.00 e. The van der Waals surface area contributed by atoms with E-state index < -0.39 is 0 Å². The molecule has 0 saturated carbocycles. The van der Waals surface area contributed by atoms with Crippen LogP contribution in [0.4, 0.5) is 0 Å². The minimum absolute atomic E-state index is 0. The molecule has 0 unspecified atom stereocenters. The van der Waals surface area contributed by atoms with Gasteiger partial charge in [0.2, 0.25) is 0 Å². The summed E-state index contributed by atoms with van der Waals surface area (Å²) in [5.41, 5.74) is 0. The number of hydrogen-bond acceptors (Lipinski definition) is 0. The molecule has 64 valence electrons. The van der Waals surface area contributed by atoms with E-state index in [0.717, 1.165) is 0 Å². The molecule has 0 rings (SSSR count). The maximum atomic E-state index is 0. The van der Waals surface area contributed by atoms with Gasteiger partial charge in [0.15, 0.2) is 0 Å². The third-order valence-corrected chi connectivity index (χ3v) is 0. The first-order valence-corrected chi connectivity index (χ1v) is 0. The van der Waals surface area contributed by atoms with E-state index in [0.29, 0.717) is 0 Å². The van der Waals surface area contributed by atoms with Crippen LogP contribution in [-0.2, 0) is 108 Å². The molecule has 0 spiro atoms. The van der Waals surface area contributed by atoms with Crippen LogP contribution in [0.15, 0.2) is 0 Å². The van der Waals surface area contributed by atoms with Gasteiger partial charge in [-0.2, -0.15) is 0 Å². The van der Waals surface area contributed by atoms with E-state index in [1.807, 2.05) is 0 Å². The van der Waals surface area contributed by atoms with Gasteiger partial charge in [-0.15, -0.1) is 0 Å². The molecule has 0 nitrogen and oxygen atoms in total. The van der Waals surface area contributed by atoms with E-state index in [4.69, 9.17) is 0 Å². The van der Waals surface area contributed by atoms with Crippen molar-refractivity contribution < 1.29 is 302 Å². The van der Waals surface area contributed by atoms with Gasteiger partial charge in [-0.3, -0.25) is 0 Å². The van der Waals surface area contributed by atoms with Gasteiger partial charge >= 0.3 is 302 Å². The van der Waals surface area contributed by atoms with Gasteiger partial charge in [0.1, 0.15) is 0 Å². The molecule has 24 heteroatoms. The second-order valence-electron chi connectivity index (χ2n) is 0. The third-order valence-electron chi connectivity index (χ3n) is 0. The Labute approximate surface area is 400 Å². The van der Waals surface area contributed by atoms with Crippen LogP contribution in [0.5, 0.6) is 0 Å². The van der Waals surface area contributed by atoms with Crippen LogP contribution >= 0.6 is 0 Å². The molecule has 0 amide bonds. The fourth-order valence-corrected chi connectivity index (χ4v) is 0. The van der Waals surface area contributed by atoms with Gasteiger partial charge in [0, 0.05) is 0 Å².